The van der Waals surface area contributed by atoms with Crippen molar-refractivity contribution >= 4 is 46.1 Å². The predicted octanol–water partition coefficient (Wildman–Crippen LogP) is 6.07. The summed E-state index contributed by atoms with van der Waals surface area (Å²) in [5.41, 5.74) is -6.34. The summed E-state index contributed by atoms with van der Waals surface area (Å²) in [5, 5.41) is 21.8. The first kappa shape index (κ1) is 21.1. The zero-order chi connectivity index (χ0) is 21.6. The average molecular weight is 461 g/mol. The van der Waals surface area contributed by atoms with E-state index in [-0.39, 0.29) is 26.2 Å². The molecule has 0 fully saturated rings. The molecule has 0 aromatic heterocycles. The standard InChI is InChI=1S/C18H7Cl3F3N3O2/c19-11-4-2-10(3-5-11)17(8-25)16(27(28)29)14(15(26-17)18(22,23)24)9-1-6-12(20)13(21)7-9/h1-7H. The molecule has 0 radical (unpaired) electrons. The number of nitro groups is 1. The number of nitrogens with zero attached hydrogens (tertiary/aromatic N) is 3. The summed E-state index contributed by atoms with van der Waals surface area (Å²) >= 11 is 17.5. The molecule has 1 aliphatic heterocycles. The monoisotopic (exact) mass is 459 g/mol. The first-order valence-corrected chi connectivity index (χ1v) is 8.84. The maximum absolute atomic E-state index is 13.8. The third kappa shape index (κ3) is 3.57. The lowest BCUT2D eigenvalue weighted by Crippen LogP contribution is -2.27. The van der Waals surface area contributed by atoms with Crippen LogP contribution in [0.1, 0.15) is 11.1 Å². The molecule has 1 unspecified atom stereocenters. The van der Waals surface area contributed by atoms with Crippen molar-refractivity contribution in [3.8, 4) is 6.07 Å². The molecular formula is C18H7Cl3F3N3O2. The molecule has 0 spiro atoms. The number of aliphatic imine (C=N–C) groups is 1. The quantitative estimate of drug-likeness (QED) is 0.412. The van der Waals surface area contributed by atoms with Gasteiger partial charge in [0.2, 0.25) is 0 Å². The van der Waals surface area contributed by atoms with Crippen molar-refractivity contribution in [1.29, 1.82) is 5.26 Å². The first-order valence-electron chi connectivity index (χ1n) is 7.70. The van der Waals surface area contributed by atoms with E-state index < -0.39 is 33.6 Å². The summed E-state index contributed by atoms with van der Waals surface area (Å²) in [4.78, 5) is 14.4. The van der Waals surface area contributed by atoms with E-state index in [2.05, 4.69) is 4.99 Å². The molecule has 2 aromatic rings. The Balaban J connectivity index is 2.44. The second-order valence-corrected chi connectivity index (χ2v) is 7.15. The van der Waals surface area contributed by atoms with Crippen molar-refractivity contribution in [3.05, 3.63) is 84.5 Å². The Hall–Kier alpha value is -2.60. The fourth-order valence-electron chi connectivity index (χ4n) is 2.96. The van der Waals surface area contributed by atoms with Crippen LogP contribution in [0, 0.1) is 21.4 Å². The first-order chi connectivity index (χ1) is 13.5. The van der Waals surface area contributed by atoms with E-state index in [4.69, 9.17) is 34.8 Å². The largest absolute Gasteiger partial charge is 0.433 e. The fraction of sp³-hybridized carbons (Fsp3) is 0.111. The summed E-state index contributed by atoms with van der Waals surface area (Å²) in [6, 6.07) is 10.0. The zero-order valence-corrected chi connectivity index (χ0v) is 16.2. The summed E-state index contributed by atoms with van der Waals surface area (Å²) in [5.74, 6) is 0. The summed E-state index contributed by atoms with van der Waals surface area (Å²) in [6.45, 7) is 0. The molecule has 3 rings (SSSR count). The van der Waals surface area contributed by atoms with Crippen molar-refractivity contribution < 1.29 is 18.1 Å². The highest BCUT2D eigenvalue weighted by Crippen LogP contribution is 2.48. The van der Waals surface area contributed by atoms with Gasteiger partial charge in [0.15, 0.2) is 5.71 Å². The van der Waals surface area contributed by atoms with Crippen LogP contribution in [-0.2, 0) is 5.54 Å². The smallest absolute Gasteiger partial charge is 0.258 e. The molecule has 11 heteroatoms. The van der Waals surface area contributed by atoms with E-state index in [9.17, 15) is 28.5 Å². The molecule has 1 heterocycles. The lowest BCUT2D eigenvalue weighted by Gasteiger charge is -2.17. The van der Waals surface area contributed by atoms with Crippen LogP contribution < -0.4 is 0 Å². The van der Waals surface area contributed by atoms with E-state index in [0.717, 1.165) is 12.1 Å². The molecule has 1 atom stereocenters. The normalized spacial score (nSPS) is 19.1. The third-order valence-corrected chi connectivity index (χ3v) is 5.17. The molecule has 0 saturated heterocycles. The topological polar surface area (TPSA) is 79.3 Å². The van der Waals surface area contributed by atoms with E-state index in [0.29, 0.717) is 0 Å². The highest BCUT2D eigenvalue weighted by molar-refractivity contribution is 6.42. The Kier molecular flexibility index (Phi) is 5.34. The zero-order valence-electron chi connectivity index (χ0n) is 14.0. The SMILES string of the molecule is N#CC1(c2ccc(Cl)cc2)N=C(C(F)(F)F)C(c2ccc(Cl)c(Cl)c2)=C1[N+](=O)[O-]. The van der Waals surface area contributed by atoms with Crippen molar-refractivity contribution in [2.24, 2.45) is 4.99 Å². The number of alkyl halides is 3. The maximum Gasteiger partial charge on any atom is 0.433 e. The van der Waals surface area contributed by atoms with Gasteiger partial charge < -0.3 is 0 Å². The number of nitriles is 1. The van der Waals surface area contributed by atoms with Gasteiger partial charge in [-0.15, -0.1) is 0 Å². The Bertz CT molecular complexity index is 1120. The van der Waals surface area contributed by atoms with Crippen LogP contribution in [0.2, 0.25) is 15.1 Å². The molecule has 1 aliphatic rings. The van der Waals surface area contributed by atoms with E-state index in [1.807, 2.05) is 0 Å². The Morgan fingerprint density at radius 2 is 1.69 bits per heavy atom. The number of rotatable bonds is 3. The Morgan fingerprint density at radius 1 is 1.07 bits per heavy atom. The number of benzene rings is 2. The van der Waals surface area contributed by atoms with Gasteiger partial charge in [-0.1, -0.05) is 53.0 Å². The second kappa shape index (κ2) is 7.34. The van der Waals surface area contributed by atoms with Crippen molar-refractivity contribution in [1.82, 2.24) is 0 Å². The molecule has 29 heavy (non-hydrogen) atoms. The van der Waals surface area contributed by atoms with Gasteiger partial charge in [-0.05, 0) is 29.8 Å². The van der Waals surface area contributed by atoms with E-state index in [1.165, 1.54) is 30.3 Å². The van der Waals surface area contributed by atoms with Crippen LogP contribution in [0.25, 0.3) is 5.57 Å². The third-order valence-electron chi connectivity index (χ3n) is 4.18. The van der Waals surface area contributed by atoms with Gasteiger partial charge in [0, 0.05) is 10.6 Å². The average Bonchev–Trinajstić information content (AvgIpc) is 3.01. The number of hydrogen-bond donors (Lipinski definition) is 0. The van der Waals surface area contributed by atoms with Gasteiger partial charge in [-0.3, -0.25) is 10.1 Å². The second-order valence-electron chi connectivity index (χ2n) is 5.90. The van der Waals surface area contributed by atoms with Crippen molar-refractivity contribution in [3.63, 3.8) is 0 Å². The highest BCUT2D eigenvalue weighted by Gasteiger charge is 2.58. The minimum absolute atomic E-state index is 0.0476. The van der Waals surface area contributed by atoms with Gasteiger partial charge in [-0.25, -0.2) is 4.99 Å². The number of hydrogen-bond acceptors (Lipinski definition) is 4. The lowest BCUT2D eigenvalue weighted by atomic mass is 9.87. The molecule has 2 aromatic carbocycles. The minimum Gasteiger partial charge on any atom is -0.258 e. The summed E-state index contributed by atoms with van der Waals surface area (Å²) in [7, 11) is 0. The van der Waals surface area contributed by atoms with Gasteiger partial charge in [-0.2, -0.15) is 18.4 Å². The number of allylic oxidation sites excluding steroid dienone is 1. The van der Waals surface area contributed by atoms with Crippen LogP contribution in [0.5, 0.6) is 0 Å². The number of halogens is 6. The van der Waals surface area contributed by atoms with Crippen LogP contribution in [0.3, 0.4) is 0 Å². The van der Waals surface area contributed by atoms with Crippen molar-refractivity contribution in [2.75, 3.05) is 0 Å². The Labute approximate surface area is 176 Å². The van der Waals surface area contributed by atoms with Crippen molar-refractivity contribution in [2.45, 2.75) is 11.7 Å². The van der Waals surface area contributed by atoms with E-state index >= 15 is 0 Å². The predicted molar refractivity (Wildman–Crippen MR) is 103 cm³/mol. The molecule has 0 N–H and O–H groups in total. The molecule has 5 nitrogen and oxygen atoms in total. The lowest BCUT2D eigenvalue weighted by molar-refractivity contribution is -0.431. The highest BCUT2D eigenvalue weighted by atomic mass is 35.5. The van der Waals surface area contributed by atoms with Gasteiger partial charge >= 0.3 is 11.9 Å². The molecule has 148 valence electrons. The maximum atomic E-state index is 13.8. The fourth-order valence-corrected chi connectivity index (χ4v) is 3.38. The summed E-state index contributed by atoms with van der Waals surface area (Å²) in [6.07, 6.45) is -5.08. The van der Waals surface area contributed by atoms with Crippen LogP contribution in [0.4, 0.5) is 13.2 Å². The van der Waals surface area contributed by atoms with Crippen LogP contribution >= 0.6 is 34.8 Å². The molecular weight excluding hydrogens is 454 g/mol. The van der Waals surface area contributed by atoms with Crippen LogP contribution in [0.15, 0.2) is 53.2 Å². The summed E-state index contributed by atoms with van der Waals surface area (Å²) < 4.78 is 41.4. The molecule has 0 aliphatic carbocycles. The van der Waals surface area contributed by atoms with Gasteiger partial charge in [0.25, 0.3) is 5.54 Å². The van der Waals surface area contributed by atoms with Crippen LogP contribution in [-0.4, -0.2) is 16.8 Å². The Morgan fingerprint density at radius 3 is 2.17 bits per heavy atom. The molecule has 0 saturated carbocycles. The van der Waals surface area contributed by atoms with Gasteiger partial charge in [0.05, 0.1) is 20.5 Å². The molecule has 0 amide bonds. The molecule has 0 bridgehead atoms. The van der Waals surface area contributed by atoms with E-state index in [1.54, 1.807) is 6.07 Å². The van der Waals surface area contributed by atoms with Gasteiger partial charge in [0.1, 0.15) is 6.07 Å². The minimum atomic E-state index is -5.08.